The largest absolute Gasteiger partial charge is 0.497 e. The SMILES string of the molecule is CCNC(=NCc1ccc(OC)cc1C(F)(F)F)NCCN(C)CCCOC.I. The summed E-state index contributed by atoms with van der Waals surface area (Å²) in [6.07, 6.45) is -3.52. The monoisotopic (exact) mass is 532 g/mol. The summed E-state index contributed by atoms with van der Waals surface area (Å²) in [6, 6.07) is 3.91. The van der Waals surface area contributed by atoms with Gasteiger partial charge in [0.2, 0.25) is 0 Å². The lowest BCUT2D eigenvalue weighted by Gasteiger charge is -2.18. The van der Waals surface area contributed by atoms with Crippen LogP contribution in [0.2, 0.25) is 0 Å². The Labute approximate surface area is 188 Å². The average Bonchev–Trinajstić information content (AvgIpc) is 2.65. The highest BCUT2D eigenvalue weighted by molar-refractivity contribution is 14.0. The lowest BCUT2D eigenvalue weighted by Crippen LogP contribution is -2.41. The van der Waals surface area contributed by atoms with E-state index in [1.54, 1.807) is 7.11 Å². The number of rotatable bonds is 11. The molecule has 0 fully saturated rings. The van der Waals surface area contributed by atoms with Gasteiger partial charge >= 0.3 is 6.18 Å². The van der Waals surface area contributed by atoms with Crippen LogP contribution in [0.15, 0.2) is 23.2 Å². The Morgan fingerprint density at radius 3 is 2.48 bits per heavy atom. The van der Waals surface area contributed by atoms with Crippen LogP contribution in [0, 0.1) is 0 Å². The minimum atomic E-state index is -4.46. The highest BCUT2D eigenvalue weighted by Crippen LogP contribution is 2.34. The molecule has 0 aromatic heterocycles. The van der Waals surface area contributed by atoms with E-state index in [1.165, 1.54) is 19.2 Å². The van der Waals surface area contributed by atoms with Gasteiger partial charge in [0, 0.05) is 39.9 Å². The molecule has 6 nitrogen and oxygen atoms in total. The molecule has 0 atom stereocenters. The zero-order valence-electron chi connectivity index (χ0n) is 17.4. The van der Waals surface area contributed by atoms with Gasteiger partial charge in [-0.15, -0.1) is 24.0 Å². The maximum atomic E-state index is 13.3. The first kappa shape index (κ1) is 27.7. The Morgan fingerprint density at radius 1 is 1.17 bits per heavy atom. The van der Waals surface area contributed by atoms with Gasteiger partial charge in [-0.05, 0) is 38.1 Å². The number of benzene rings is 1. The predicted octanol–water partition coefficient (Wildman–Crippen LogP) is 3.36. The third-order valence-corrected chi connectivity index (χ3v) is 4.05. The number of alkyl halides is 3. The van der Waals surface area contributed by atoms with E-state index >= 15 is 0 Å². The molecule has 0 aliphatic carbocycles. The first-order chi connectivity index (χ1) is 13.3. The fourth-order valence-electron chi connectivity index (χ4n) is 2.55. The molecule has 0 aliphatic heterocycles. The minimum Gasteiger partial charge on any atom is -0.497 e. The average molecular weight is 532 g/mol. The van der Waals surface area contributed by atoms with E-state index in [9.17, 15) is 13.2 Å². The maximum absolute atomic E-state index is 13.3. The second-order valence-electron chi connectivity index (χ2n) is 6.29. The van der Waals surface area contributed by atoms with Crippen LogP contribution in [0.4, 0.5) is 13.2 Å². The third kappa shape index (κ3) is 10.9. The summed E-state index contributed by atoms with van der Waals surface area (Å²) in [7, 11) is 5.02. The Balaban J connectivity index is 0.00000784. The standard InChI is InChI=1S/C19H31F3N4O2.HI/c1-5-23-18(24-9-11-26(2)10-6-12-27-3)25-14-15-7-8-16(28-4)13-17(15)19(20,21)22;/h7-8,13H,5-6,9-12,14H2,1-4H3,(H2,23,24,25);1H. The summed E-state index contributed by atoms with van der Waals surface area (Å²) < 4.78 is 49.9. The van der Waals surface area contributed by atoms with Crippen molar-refractivity contribution in [1.82, 2.24) is 15.5 Å². The number of hydrogen-bond acceptors (Lipinski definition) is 4. The molecule has 0 saturated carbocycles. The van der Waals surface area contributed by atoms with Crippen molar-refractivity contribution in [3.05, 3.63) is 29.3 Å². The van der Waals surface area contributed by atoms with Gasteiger partial charge in [-0.1, -0.05) is 6.07 Å². The van der Waals surface area contributed by atoms with Crippen molar-refractivity contribution >= 4 is 29.9 Å². The third-order valence-electron chi connectivity index (χ3n) is 4.05. The minimum absolute atomic E-state index is 0. The van der Waals surface area contributed by atoms with E-state index in [-0.39, 0.29) is 41.8 Å². The van der Waals surface area contributed by atoms with E-state index in [1.807, 2.05) is 14.0 Å². The second kappa shape index (κ2) is 14.7. The van der Waals surface area contributed by atoms with Crippen molar-refractivity contribution in [2.24, 2.45) is 4.99 Å². The van der Waals surface area contributed by atoms with Gasteiger partial charge in [0.05, 0.1) is 19.2 Å². The molecule has 0 radical (unpaired) electrons. The van der Waals surface area contributed by atoms with E-state index in [0.717, 1.165) is 25.6 Å². The van der Waals surface area contributed by atoms with Crippen molar-refractivity contribution in [3.8, 4) is 5.75 Å². The zero-order valence-corrected chi connectivity index (χ0v) is 19.8. The fraction of sp³-hybridized carbons (Fsp3) is 0.632. The summed E-state index contributed by atoms with van der Waals surface area (Å²) in [5.74, 6) is 0.651. The molecular weight excluding hydrogens is 500 g/mol. The lowest BCUT2D eigenvalue weighted by molar-refractivity contribution is -0.138. The number of hydrogen-bond donors (Lipinski definition) is 2. The molecule has 2 N–H and O–H groups in total. The van der Waals surface area contributed by atoms with Crippen molar-refractivity contribution < 1.29 is 22.6 Å². The molecule has 1 rings (SSSR count). The van der Waals surface area contributed by atoms with Gasteiger partial charge in [-0.3, -0.25) is 0 Å². The normalized spacial score (nSPS) is 11.9. The summed E-state index contributed by atoms with van der Waals surface area (Å²) in [6.45, 7) is 5.47. The predicted molar refractivity (Wildman–Crippen MR) is 120 cm³/mol. The highest BCUT2D eigenvalue weighted by Gasteiger charge is 2.33. The summed E-state index contributed by atoms with van der Waals surface area (Å²) >= 11 is 0. The van der Waals surface area contributed by atoms with Gasteiger partial charge < -0.3 is 25.0 Å². The number of aliphatic imine (C=N–C) groups is 1. The number of halogens is 4. The fourth-order valence-corrected chi connectivity index (χ4v) is 2.55. The molecule has 29 heavy (non-hydrogen) atoms. The van der Waals surface area contributed by atoms with Gasteiger partial charge in [-0.2, -0.15) is 13.2 Å². The number of nitrogens with one attached hydrogen (secondary N) is 2. The second-order valence-corrected chi connectivity index (χ2v) is 6.29. The molecule has 0 heterocycles. The van der Waals surface area contributed by atoms with E-state index < -0.39 is 11.7 Å². The smallest absolute Gasteiger partial charge is 0.416 e. The number of methoxy groups -OCH3 is 2. The quantitative estimate of drug-likeness (QED) is 0.198. The number of likely N-dealkylation sites (N-methyl/N-ethyl adjacent to an activating group) is 1. The number of guanidine groups is 1. The molecule has 1 aromatic carbocycles. The first-order valence-corrected chi connectivity index (χ1v) is 9.25. The molecular formula is C19H32F3IN4O2. The number of nitrogens with zero attached hydrogens (tertiary/aromatic N) is 2. The van der Waals surface area contributed by atoms with E-state index in [0.29, 0.717) is 25.7 Å². The highest BCUT2D eigenvalue weighted by atomic mass is 127. The Kier molecular flexibility index (Phi) is 14.0. The van der Waals surface area contributed by atoms with Crippen LogP contribution in [0.5, 0.6) is 5.75 Å². The Bertz CT molecular complexity index is 616. The summed E-state index contributed by atoms with van der Waals surface area (Å²) in [5.41, 5.74) is -0.633. The van der Waals surface area contributed by atoms with Gasteiger partial charge in [0.1, 0.15) is 5.75 Å². The van der Waals surface area contributed by atoms with E-state index in [2.05, 4.69) is 20.5 Å². The molecule has 0 saturated heterocycles. The first-order valence-electron chi connectivity index (χ1n) is 9.25. The topological polar surface area (TPSA) is 58.1 Å². The maximum Gasteiger partial charge on any atom is 0.416 e. The molecule has 0 unspecified atom stereocenters. The van der Waals surface area contributed by atoms with Crippen LogP contribution in [-0.4, -0.2) is 64.9 Å². The Hall–Kier alpha value is -1.27. The molecule has 0 spiro atoms. The molecule has 168 valence electrons. The van der Waals surface area contributed by atoms with Crippen molar-refractivity contribution in [2.45, 2.75) is 26.1 Å². The molecule has 0 aliphatic rings. The summed E-state index contributed by atoms with van der Waals surface area (Å²) in [5, 5.41) is 6.21. The van der Waals surface area contributed by atoms with Crippen molar-refractivity contribution in [1.29, 1.82) is 0 Å². The van der Waals surface area contributed by atoms with Crippen LogP contribution >= 0.6 is 24.0 Å². The lowest BCUT2D eigenvalue weighted by atomic mass is 10.1. The van der Waals surface area contributed by atoms with E-state index in [4.69, 9.17) is 9.47 Å². The Morgan fingerprint density at radius 2 is 1.90 bits per heavy atom. The van der Waals surface area contributed by atoms with Crippen LogP contribution in [0.1, 0.15) is 24.5 Å². The summed E-state index contributed by atoms with van der Waals surface area (Å²) in [4.78, 5) is 6.45. The van der Waals surface area contributed by atoms with Crippen LogP contribution in [0.25, 0.3) is 0 Å². The van der Waals surface area contributed by atoms with Crippen LogP contribution in [-0.2, 0) is 17.5 Å². The van der Waals surface area contributed by atoms with Gasteiger partial charge in [0.25, 0.3) is 0 Å². The zero-order chi connectivity index (χ0) is 21.0. The molecule has 10 heteroatoms. The molecule has 1 aromatic rings. The van der Waals surface area contributed by atoms with Crippen LogP contribution < -0.4 is 15.4 Å². The van der Waals surface area contributed by atoms with Gasteiger partial charge in [0.15, 0.2) is 5.96 Å². The number of ether oxygens (including phenoxy) is 2. The molecule has 0 bridgehead atoms. The van der Waals surface area contributed by atoms with Gasteiger partial charge in [-0.25, -0.2) is 4.99 Å². The van der Waals surface area contributed by atoms with Crippen molar-refractivity contribution in [2.75, 3.05) is 54.1 Å². The van der Waals surface area contributed by atoms with Crippen molar-refractivity contribution in [3.63, 3.8) is 0 Å². The molecule has 0 amide bonds. The van der Waals surface area contributed by atoms with Crippen LogP contribution in [0.3, 0.4) is 0 Å².